The van der Waals surface area contributed by atoms with E-state index in [0.717, 1.165) is 63.3 Å². The number of ether oxygens (including phenoxy) is 1. The van der Waals surface area contributed by atoms with E-state index in [4.69, 9.17) is 16.2 Å². The molecule has 7 rings (SSSR count). The number of β-amino-alcohol motifs (C(OH)–C–C–N with tert-alkyl or cyclic N) is 1. The van der Waals surface area contributed by atoms with E-state index in [9.17, 15) is 33.9 Å². The molecule has 0 unspecified atom stereocenters. The third kappa shape index (κ3) is 13.3. The molecule has 376 valence electrons. The van der Waals surface area contributed by atoms with Crippen molar-refractivity contribution in [3.8, 4) is 16.2 Å². The molecular formula is C52H67ClN8O8S. The number of hydrogen-bond donors (Lipinski definition) is 6. The number of nitrogens with two attached hydrogens (primary N) is 2. The van der Waals surface area contributed by atoms with Gasteiger partial charge in [-0.1, -0.05) is 81.8 Å². The number of anilines is 1. The van der Waals surface area contributed by atoms with Crippen LogP contribution in [0.4, 0.5) is 5.69 Å². The van der Waals surface area contributed by atoms with Gasteiger partial charge in [-0.15, -0.1) is 23.7 Å². The Kier molecular flexibility index (Phi) is 18.2. The van der Waals surface area contributed by atoms with Crippen molar-refractivity contribution in [1.29, 1.82) is 0 Å². The third-order valence-corrected chi connectivity index (χ3v) is 14.2. The maximum atomic E-state index is 14.1. The Labute approximate surface area is 420 Å². The number of unbranched alkanes of at least 4 members (excludes halogenated alkanes) is 2. The lowest BCUT2D eigenvalue weighted by atomic mass is 9.85. The summed E-state index contributed by atoms with van der Waals surface area (Å²) >= 11 is 1.57. The molecule has 6 atom stereocenters. The Morgan fingerprint density at radius 3 is 2.39 bits per heavy atom. The van der Waals surface area contributed by atoms with Crippen LogP contribution in [0.15, 0.2) is 72.2 Å². The lowest BCUT2D eigenvalue weighted by Crippen LogP contribution is -2.57. The van der Waals surface area contributed by atoms with Gasteiger partial charge in [-0.25, -0.2) is 4.98 Å². The predicted molar refractivity (Wildman–Crippen MR) is 271 cm³/mol. The molecule has 0 aliphatic carbocycles. The predicted octanol–water partition coefficient (Wildman–Crippen LogP) is 4.81. The summed E-state index contributed by atoms with van der Waals surface area (Å²) in [5.74, 6) is -1.57. The first kappa shape index (κ1) is 53.5. The van der Waals surface area contributed by atoms with E-state index in [-0.39, 0.29) is 81.4 Å². The molecular weight excluding hydrogens is 932 g/mol. The molecule has 1 aromatic heterocycles. The van der Waals surface area contributed by atoms with Crippen molar-refractivity contribution in [1.82, 2.24) is 25.8 Å². The largest absolute Gasteiger partial charge is 0.491 e. The van der Waals surface area contributed by atoms with E-state index in [1.54, 1.807) is 16.2 Å². The van der Waals surface area contributed by atoms with Gasteiger partial charge < -0.3 is 42.2 Å². The Hall–Kier alpha value is -5.88. The van der Waals surface area contributed by atoms with Gasteiger partial charge in [0.1, 0.15) is 30.5 Å². The molecule has 3 aliphatic heterocycles. The summed E-state index contributed by atoms with van der Waals surface area (Å²) in [6, 6.07) is 17.5. The van der Waals surface area contributed by atoms with Crippen molar-refractivity contribution in [3.05, 3.63) is 100 Å². The highest BCUT2D eigenvalue weighted by Crippen LogP contribution is 2.39. The number of amides is 6. The van der Waals surface area contributed by atoms with Crippen LogP contribution in [-0.4, -0.2) is 99.9 Å². The molecule has 0 saturated carbocycles. The average Bonchev–Trinajstić information content (AvgIpc) is 4.03. The first-order valence-electron chi connectivity index (χ1n) is 24.0. The number of nitrogens with zero attached hydrogens (tertiary/aromatic N) is 3. The average molecular weight is 1000 g/mol. The van der Waals surface area contributed by atoms with E-state index in [1.807, 2.05) is 99.9 Å². The summed E-state index contributed by atoms with van der Waals surface area (Å²) in [4.78, 5) is 88.4. The summed E-state index contributed by atoms with van der Waals surface area (Å²) < 4.78 is 6.17. The van der Waals surface area contributed by atoms with Crippen molar-refractivity contribution >= 4 is 64.9 Å². The Morgan fingerprint density at radius 2 is 1.67 bits per heavy atom. The van der Waals surface area contributed by atoms with Gasteiger partial charge in [-0.05, 0) is 90.8 Å². The van der Waals surface area contributed by atoms with Crippen LogP contribution in [0.1, 0.15) is 100 Å². The summed E-state index contributed by atoms with van der Waals surface area (Å²) in [5, 5.41) is 19.6. The van der Waals surface area contributed by atoms with E-state index < -0.39 is 53.5 Å². The molecule has 4 heterocycles. The Balaban J connectivity index is 0.00000804. The zero-order valence-corrected chi connectivity index (χ0v) is 42.0. The lowest BCUT2D eigenvalue weighted by Gasteiger charge is -2.35. The lowest BCUT2D eigenvalue weighted by molar-refractivity contribution is -0.144. The minimum Gasteiger partial charge on any atom is -0.491 e. The number of nitrogens with one attached hydrogen (secondary N) is 3. The van der Waals surface area contributed by atoms with Gasteiger partial charge in [0, 0.05) is 38.8 Å². The van der Waals surface area contributed by atoms with Crippen molar-refractivity contribution in [2.45, 2.75) is 141 Å². The van der Waals surface area contributed by atoms with Gasteiger partial charge in [0.2, 0.25) is 35.4 Å². The molecule has 6 amide bonds. The van der Waals surface area contributed by atoms with Crippen LogP contribution in [0.25, 0.3) is 10.4 Å². The number of likely N-dealkylation sites (tertiary alicyclic amines) is 1. The van der Waals surface area contributed by atoms with Crippen molar-refractivity contribution in [3.63, 3.8) is 0 Å². The number of para-hydroxylation sites is 1. The van der Waals surface area contributed by atoms with Gasteiger partial charge in [0.25, 0.3) is 0 Å². The van der Waals surface area contributed by atoms with Crippen molar-refractivity contribution in [2.75, 3.05) is 18.1 Å². The summed E-state index contributed by atoms with van der Waals surface area (Å²) in [6.45, 7) is 7.88. The fraction of sp³-hybridized carbons (Fsp3) is 0.481. The van der Waals surface area contributed by atoms with E-state index in [2.05, 4.69) is 20.9 Å². The van der Waals surface area contributed by atoms with Crippen molar-refractivity contribution < 1.29 is 38.6 Å². The Bertz CT molecular complexity index is 2510. The molecule has 4 aromatic rings. The normalized spacial score (nSPS) is 19.3. The van der Waals surface area contributed by atoms with Crippen LogP contribution < -0.4 is 37.1 Å². The number of thiazole rings is 1. The van der Waals surface area contributed by atoms with E-state index in [1.165, 1.54) is 4.90 Å². The molecule has 0 spiro atoms. The highest BCUT2D eigenvalue weighted by atomic mass is 35.5. The van der Waals surface area contributed by atoms with Gasteiger partial charge in [0.05, 0.1) is 40.0 Å². The summed E-state index contributed by atoms with van der Waals surface area (Å²) in [5.41, 5.74) is 19.5. The molecule has 0 radical (unpaired) electrons. The number of primary amides is 1. The number of carbonyl (C=O) groups is 6. The topological polar surface area (TPSA) is 239 Å². The molecule has 1 saturated heterocycles. The number of aliphatic hydroxyl groups excluding tert-OH is 1. The van der Waals surface area contributed by atoms with Gasteiger partial charge in [-0.3, -0.25) is 33.7 Å². The summed E-state index contributed by atoms with van der Waals surface area (Å²) in [7, 11) is 0. The third-order valence-electron chi connectivity index (χ3n) is 13.3. The molecule has 3 aromatic carbocycles. The molecule has 16 nitrogen and oxygen atoms in total. The number of aromatic nitrogens is 1. The number of hydrogen-bond acceptors (Lipinski definition) is 11. The second-order valence-electron chi connectivity index (χ2n) is 19.7. The Morgan fingerprint density at radius 1 is 0.929 bits per heavy atom. The van der Waals surface area contributed by atoms with Crippen LogP contribution in [0.3, 0.4) is 0 Å². The zero-order chi connectivity index (χ0) is 49.4. The van der Waals surface area contributed by atoms with Crippen LogP contribution in [0, 0.1) is 12.3 Å². The van der Waals surface area contributed by atoms with Crippen LogP contribution in [-0.2, 0) is 54.6 Å². The van der Waals surface area contributed by atoms with Crippen molar-refractivity contribution in [2.24, 2.45) is 16.9 Å². The first-order chi connectivity index (χ1) is 33.0. The molecule has 18 heteroatoms. The fourth-order valence-corrected chi connectivity index (χ4v) is 10.3. The number of carbonyl (C=O) groups excluding carboxylic acids is 6. The smallest absolute Gasteiger partial charge is 0.246 e. The number of aliphatic hydroxyl groups is 1. The second-order valence-corrected chi connectivity index (χ2v) is 20.5. The monoisotopic (exact) mass is 998 g/mol. The number of halogens is 1. The standard InChI is InChI=1S/C52H66N8O8S.ClH/c1-31-46(69-30-56-31)35-18-16-33(17-19-35)27-55-48(64)41-26-38(61)28-59(41)51(67)47(52(2,3)4)58-44(63)15-7-5-6-10-32-11-8-14-39(24-32)68-29-37(21-23-43(54)62)57-49(65)42-25-36-13-9-12-34-20-22-40(53)50(66)60(42)45(34)36;/h8-9,11-14,16-19,24,30,37-38,40-42,47,61H,5-7,10,15,20-23,25-29,53H2,1-4H3,(H2,54,62)(H,55,64)(H,57,65)(H,58,63);1H/t37-,38+,40-,41-,42-,47+;/m0./s1. The highest BCUT2D eigenvalue weighted by Gasteiger charge is 2.45. The second kappa shape index (κ2) is 23.8. The zero-order valence-electron chi connectivity index (χ0n) is 40.4. The number of aryl methyl sites for hydroxylation is 3. The quantitative estimate of drug-likeness (QED) is 0.0661. The van der Waals surface area contributed by atoms with Gasteiger partial charge >= 0.3 is 0 Å². The maximum absolute atomic E-state index is 14.1. The van der Waals surface area contributed by atoms with Gasteiger partial charge in [0.15, 0.2) is 0 Å². The van der Waals surface area contributed by atoms with Crippen LogP contribution >= 0.6 is 23.7 Å². The van der Waals surface area contributed by atoms with Gasteiger partial charge in [-0.2, -0.15) is 0 Å². The summed E-state index contributed by atoms with van der Waals surface area (Å²) in [6.07, 6.45) is 4.10. The molecule has 0 bridgehead atoms. The van der Waals surface area contributed by atoms with E-state index >= 15 is 0 Å². The molecule has 70 heavy (non-hydrogen) atoms. The number of benzene rings is 3. The van der Waals surface area contributed by atoms with Crippen LogP contribution in [0.5, 0.6) is 5.75 Å². The van der Waals surface area contributed by atoms with Crippen LogP contribution in [0.2, 0.25) is 0 Å². The molecule has 3 aliphatic rings. The first-order valence-corrected chi connectivity index (χ1v) is 24.9. The van der Waals surface area contributed by atoms with E-state index in [0.29, 0.717) is 31.4 Å². The maximum Gasteiger partial charge on any atom is 0.246 e. The minimum absolute atomic E-state index is 0. The molecule has 8 N–H and O–H groups in total. The fourth-order valence-electron chi connectivity index (χ4n) is 9.47. The minimum atomic E-state index is -0.912. The number of rotatable bonds is 20. The highest BCUT2D eigenvalue weighted by molar-refractivity contribution is 7.13. The SMILES string of the molecule is Cc1ncsc1-c1ccc(CNC(=O)[C@@H]2C[C@@H](O)CN2C(=O)[C@@H](NC(=O)CCCCCc2cccc(OC[C@H](CCC(N)=O)NC(=O)[C@@H]3Cc4cccc5c4N3C(=O)[C@@H](N)CC5)c2)C(C)(C)C)cc1.Cl. The molecule has 1 fully saturated rings.